The Morgan fingerprint density at radius 3 is 1.57 bits per heavy atom. The number of rotatable bonds is 0. The normalized spacial score (nSPS) is 11.4. The highest BCUT2D eigenvalue weighted by Gasteiger charge is 2.34. The van der Waals surface area contributed by atoms with Crippen LogP contribution in [0.4, 0.5) is 13.2 Å². The Kier molecular flexibility index (Phi) is 1.75. The van der Waals surface area contributed by atoms with Crippen LogP contribution in [0, 0.1) is 0 Å². The molecule has 0 N–H and O–H groups in total. The Hall–Kier alpha value is -0.110. The second-order valence-electron chi connectivity index (χ2n) is 0.862. The van der Waals surface area contributed by atoms with Gasteiger partial charge in [0.05, 0.1) is 0 Å². The van der Waals surface area contributed by atoms with E-state index in [9.17, 15) is 18.0 Å². The zero-order valence-electron chi connectivity index (χ0n) is 3.12. The molecule has 0 spiro atoms. The highest BCUT2D eigenvalue weighted by Crippen LogP contribution is 2.18. The Morgan fingerprint density at radius 1 is 1.43 bits per heavy atom. The lowest BCUT2D eigenvalue weighted by Crippen LogP contribution is -2.15. The van der Waals surface area contributed by atoms with Gasteiger partial charge in [-0.05, 0) is 0 Å². The van der Waals surface area contributed by atoms with Gasteiger partial charge >= 0.3 is 6.18 Å². The summed E-state index contributed by atoms with van der Waals surface area (Å²) in [4.78, 5) is 9.30. The number of halogens is 3. The van der Waals surface area contributed by atoms with Crippen LogP contribution in [0.2, 0.25) is 0 Å². The quantitative estimate of drug-likeness (QED) is 0.446. The molecule has 0 fully saturated rings. The molecule has 0 saturated heterocycles. The average Bonchev–Trinajstić information content (AvgIpc) is 1.31. The van der Waals surface area contributed by atoms with Gasteiger partial charge < -0.3 is 0 Å². The lowest BCUT2D eigenvalue weighted by molar-refractivity contribution is -0.160. The number of alkyl halides is 3. The van der Waals surface area contributed by atoms with E-state index in [0.717, 1.165) is 9.24 Å². The van der Waals surface area contributed by atoms with Crippen molar-refractivity contribution >= 4 is 14.8 Å². The second kappa shape index (κ2) is 1.78. The Morgan fingerprint density at radius 2 is 1.57 bits per heavy atom. The molecular weight excluding hydrogens is 128 g/mol. The maximum absolute atomic E-state index is 10.8. The molecule has 5 heteroatoms. The van der Waals surface area contributed by atoms with E-state index < -0.39 is 11.7 Å². The van der Waals surface area contributed by atoms with Crippen LogP contribution in [0.3, 0.4) is 0 Å². The van der Waals surface area contributed by atoms with Crippen molar-refractivity contribution in [2.24, 2.45) is 0 Å². The van der Waals surface area contributed by atoms with Gasteiger partial charge in [0.25, 0.3) is 5.52 Å². The summed E-state index contributed by atoms with van der Waals surface area (Å²) in [5.41, 5.74) is -1.84. The van der Waals surface area contributed by atoms with Crippen LogP contribution in [-0.4, -0.2) is 11.7 Å². The SMILES string of the molecule is O=C(P)C(F)(F)F. The van der Waals surface area contributed by atoms with Crippen molar-refractivity contribution in [1.29, 1.82) is 0 Å². The minimum absolute atomic E-state index is 1.04. The summed E-state index contributed by atoms with van der Waals surface area (Å²) in [6, 6.07) is 0. The molecule has 0 heterocycles. The average molecular weight is 130 g/mol. The minimum atomic E-state index is -4.68. The molecular formula is C2H2F3OP. The number of carbonyl (C=O) groups is 1. The van der Waals surface area contributed by atoms with Crippen LogP contribution < -0.4 is 0 Å². The second-order valence-corrected chi connectivity index (χ2v) is 1.39. The largest absolute Gasteiger partial charge is 0.453 e. The third kappa shape index (κ3) is 2.57. The van der Waals surface area contributed by atoms with E-state index in [4.69, 9.17) is 0 Å². The lowest BCUT2D eigenvalue weighted by atomic mass is 10.8. The zero-order valence-corrected chi connectivity index (χ0v) is 4.27. The van der Waals surface area contributed by atoms with Crippen LogP contribution in [-0.2, 0) is 4.79 Å². The fraction of sp³-hybridized carbons (Fsp3) is 0.500. The van der Waals surface area contributed by atoms with Gasteiger partial charge in [0.15, 0.2) is 0 Å². The fourth-order valence-corrected chi connectivity index (χ4v) is 0. The van der Waals surface area contributed by atoms with Gasteiger partial charge in [-0.1, -0.05) is 9.24 Å². The monoisotopic (exact) mass is 130 g/mol. The van der Waals surface area contributed by atoms with Crippen molar-refractivity contribution in [2.45, 2.75) is 6.18 Å². The summed E-state index contributed by atoms with van der Waals surface area (Å²) in [5.74, 6) is 0. The first-order chi connectivity index (χ1) is 2.94. The predicted octanol–water partition coefficient (Wildman–Crippen LogP) is 0.950. The highest BCUT2D eigenvalue weighted by atomic mass is 31.0. The molecule has 1 atom stereocenters. The minimum Gasteiger partial charge on any atom is -0.285 e. The number of hydrogen-bond acceptors (Lipinski definition) is 1. The molecule has 0 aliphatic rings. The van der Waals surface area contributed by atoms with E-state index in [2.05, 4.69) is 0 Å². The lowest BCUT2D eigenvalue weighted by Gasteiger charge is -1.95. The summed E-state index contributed by atoms with van der Waals surface area (Å²) in [7, 11) is 1.04. The molecule has 0 aromatic rings. The van der Waals surface area contributed by atoms with E-state index in [0.29, 0.717) is 0 Å². The van der Waals surface area contributed by atoms with Crippen LogP contribution in [0.25, 0.3) is 0 Å². The molecule has 7 heavy (non-hydrogen) atoms. The molecule has 0 aromatic carbocycles. The maximum atomic E-state index is 10.8. The van der Waals surface area contributed by atoms with E-state index in [-0.39, 0.29) is 0 Å². The van der Waals surface area contributed by atoms with Crippen LogP contribution in [0.5, 0.6) is 0 Å². The van der Waals surface area contributed by atoms with Crippen molar-refractivity contribution < 1.29 is 18.0 Å². The van der Waals surface area contributed by atoms with Gasteiger partial charge in [-0.2, -0.15) is 13.2 Å². The predicted molar refractivity (Wildman–Crippen MR) is 20.8 cm³/mol. The van der Waals surface area contributed by atoms with Gasteiger partial charge in [0.2, 0.25) is 0 Å². The topological polar surface area (TPSA) is 17.1 Å². The molecule has 0 aliphatic heterocycles. The molecule has 42 valence electrons. The smallest absolute Gasteiger partial charge is 0.285 e. The third-order valence-corrected chi connectivity index (χ3v) is 0.607. The zero-order chi connectivity index (χ0) is 6.08. The Labute approximate surface area is 40.1 Å². The third-order valence-electron chi connectivity index (χ3n) is 0.279. The van der Waals surface area contributed by atoms with E-state index in [1.54, 1.807) is 0 Å². The summed E-state index contributed by atoms with van der Waals surface area (Å²) in [6.07, 6.45) is -4.68. The first-order valence-electron chi connectivity index (χ1n) is 1.31. The van der Waals surface area contributed by atoms with E-state index >= 15 is 0 Å². The van der Waals surface area contributed by atoms with Crippen LogP contribution in [0.15, 0.2) is 0 Å². The number of hydrogen-bond donors (Lipinski definition) is 0. The van der Waals surface area contributed by atoms with Crippen molar-refractivity contribution in [2.75, 3.05) is 0 Å². The maximum Gasteiger partial charge on any atom is 0.453 e. The van der Waals surface area contributed by atoms with Gasteiger partial charge in [0, 0.05) is 0 Å². The van der Waals surface area contributed by atoms with Crippen LogP contribution in [0.1, 0.15) is 0 Å². The molecule has 0 amide bonds. The summed E-state index contributed by atoms with van der Waals surface area (Å²) in [5, 5.41) is 0. The molecule has 0 rings (SSSR count). The van der Waals surface area contributed by atoms with Crippen molar-refractivity contribution in [3.05, 3.63) is 0 Å². The summed E-state index contributed by atoms with van der Waals surface area (Å²) >= 11 is 0. The van der Waals surface area contributed by atoms with Gasteiger partial charge in [-0.3, -0.25) is 4.79 Å². The molecule has 0 radical (unpaired) electrons. The summed E-state index contributed by atoms with van der Waals surface area (Å²) < 4.78 is 32.4. The molecule has 0 bridgehead atoms. The van der Waals surface area contributed by atoms with E-state index in [1.807, 2.05) is 0 Å². The standard InChI is InChI=1S/C2H2F3OP/c3-2(4,5)1(6)7/h7H2. The van der Waals surface area contributed by atoms with Crippen molar-refractivity contribution in [1.82, 2.24) is 0 Å². The van der Waals surface area contributed by atoms with Gasteiger partial charge in [0.1, 0.15) is 0 Å². The first kappa shape index (κ1) is 6.89. The fourth-order valence-electron chi connectivity index (χ4n) is 0. The van der Waals surface area contributed by atoms with Gasteiger partial charge in [-0.15, -0.1) is 0 Å². The van der Waals surface area contributed by atoms with E-state index in [1.165, 1.54) is 0 Å². The molecule has 0 saturated carbocycles. The van der Waals surface area contributed by atoms with Crippen LogP contribution >= 0.6 is 9.24 Å². The Bertz CT molecular complexity index is 85.4. The Balaban J connectivity index is 3.79. The molecule has 1 unspecified atom stereocenters. The molecule has 0 aliphatic carbocycles. The highest BCUT2D eigenvalue weighted by molar-refractivity contribution is 7.40. The number of carbonyl (C=O) groups excluding carboxylic acids is 1. The molecule has 0 aromatic heterocycles. The van der Waals surface area contributed by atoms with Gasteiger partial charge in [-0.25, -0.2) is 0 Å². The van der Waals surface area contributed by atoms with Crippen molar-refractivity contribution in [3.8, 4) is 0 Å². The summed E-state index contributed by atoms with van der Waals surface area (Å²) in [6.45, 7) is 0. The molecule has 1 nitrogen and oxygen atoms in total. The van der Waals surface area contributed by atoms with Crippen molar-refractivity contribution in [3.63, 3.8) is 0 Å². The first-order valence-corrected chi connectivity index (χ1v) is 1.89.